The van der Waals surface area contributed by atoms with Gasteiger partial charge in [0.1, 0.15) is 5.75 Å². The summed E-state index contributed by atoms with van der Waals surface area (Å²) in [5, 5.41) is 2.95. The average Bonchev–Trinajstić information content (AvgIpc) is 3.08. The van der Waals surface area contributed by atoms with Crippen LogP contribution in [0.25, 0.3) is 0 Å². The molecule has 25 heavy (non-hydrogen) atoms. The zero-order valence-electron chi connectivity index (χ0n) is 14.8. The van der Waals surface area contributed by atoms with Crippen LogP contribution >= 0.6 is 0 Å². The quantitative estimate of drug-likeness (QED) is 0.834. The molecule has 0 aliphatic carbocycles. The lowest BCUT2D eigenvalue weighted by atomic mass is 10.1. The Morgan fingerprint density at radius 2 is 2.20 bits per heavy atom. The van der Waals surface area contributed by atoms with Gasteiger partial charge < -0.3 is 19.9 Å². The number of urea groups is 1. The number of likely N-dealkylation sites (N-methyl/N-ethyl adjacent to an activating group) is 1. The molecule has 1 atom stereocenters. The highest BCUT2D eigenvalue weighted by molar-refractivity contribution is 5.99. The Morgan fingerprint density at radius 1 is 1.36 bits per heavy atom. The van der Waals surface area contributed by atoms with Crippen molar-refractivity contribution in [1.29, 1.82) is 0 Å². The van der Waals surface area contributed by atoms with Crippen LogP contribution in [0.5, 0.6) is 5.75 Å². The van der Waals surface area contributed by atoms with Crippen molar-refractivity contribution in [3.8, 4) is 5.75 Å². The first-order valence-electron chi connectivity index (χ1n) is 8.95. The van der Waals surface area contributed by atoms with Gasteiger partial charge in [-0.15, -0.1) is 0 Å². The van der Waals surface area contributed by atoms with Gasteiger partial charge in [0.2, 0.25) is 0 Å². The Hall–Kier alpha value is -2.50. The van der Waals surface area contributed by atoms with Crippen LogP contribution in [-0.2, 0) is 4.79 Å². The largest absolute Gasteiger partial charge is 0.482 e. The number of ether oxygens (including phenoxy) is 1. The summed E-state index contributed by atoms with van der Waals surface area (Å²) < 4.78 is 5.46. The van der Waals surface area contributed by atoms with Crippen LogP contribution in [-0.4, -0.2) is 42.6 Å². The van der Waals surface area contributed by atoms with Gasteiger partial charge in [-0.25, -0.2) is 4.79 Å². The Balaban J connectivity index is 1.72. The van der Waals surface area contributed by atoms with Crippen LogP contribution in [0.3, 0.4) is 0 Å². The standard InChI is InChI=1S/C19H25N3O3/c1-3-5-7-15-8-6-11-22(15)19(24)20-14-9-10-17-16(12-14)21(4-2)18(23)13-25-17/h6,8-10,12,15H,3-5,7,11,13H2,1-2H3,(H,20,24)/t15-/m1/s1. The molecule has 0 unspecified atom stereocenters. The van der Waals surface area contributed by atoms with Crippen molar-refractivity contribution < 1.29 is 14.3 Å². The molecule has 0 bridgehead atoms. The third-order valence-corrected chi connectivity index (χ3v) is 4.64. The average molecular weight is 343 g/mol. The molecule has 0 radical (unpaired) electrons. The number of amides is 3. The fourth-order valence-electron chi connectivity index (χ4n) is 3.29. The normalized spacial score (nSPS) is 19.0. The number of carbonyl (C=O) groups is 2. The third kappa shape index (κ3) is 3.62. The molecule has 6 heteroatoms. The highest BCUT2D eigenvalue weighted by Gasteiger charge is 2.26. The second kappa shape index (κ2) is 7.59. The zero-order valence-corrected chi connectivity index (χ0v) is 14.8. The van der Waals surface area contributed by atoms with E-state index in [1.54, 1.807) is 17.0 Å². The minimum absolute atomic E-state index is 0.0606. The number of fused-ring (bicyclic) bond motifs is 1. The van der Waals surface area contributed by atoms with Crippen LogP contribution < -0.4 is 15.0 Å². The van der Waals surface area contributed by atoms with Gasteiger partial charge >= 0.3 is 6.03 Å². The molecule has 0 aromatic heterocycles. The van der Waals surface area contributed by atoms with Crippen molar-refractivity contribution in [2.45, 2.75) is 39.2 Å². The molecular weight excluding hydrogens is 318 g/mol. The molecule has 3 amide bonds. The lowest BCUT2D eigenvalue weighted by Crippen LogP contribution is -2.40. The van der Waals surface area contributed by atoms with E-state index >= 15 is 0 Å². The van der Waals surface area contributed by atoms with E-state index in [1.807, 2.05) is 24.0 Å². The Labute approximate surface area is 148 Å². The molecule has 2 aliphatic heterocycles. The monoisotopic (exact) mass is 343 g/mol. The van der Waals surface area contributed by atoms with E-state index in [1.165, 1.54) is 0 Å². The molecule has 6 nitrogen and oxygen atoms in total. The Kier molecular flexibility index (Phi) is 5.26. The minimum Gasteiger partial charge on any atom is -0.482 e. The molecule has 2 aliphatic rings. The van der Waals surface area contributed by atoms with Gasteiger partial charge in [-0.1, -0.05) is 31.9 Å². The van der Waals surface area contributed by atoms with Crippen molar-refractivity contribution in [2.75, 3.05) is 29.9 Å². The van der Waals surface area contributed by atoms with Gasteiger partial charge in [0.25, 0.3) is 5.91 Å². The number of nitrogens with zero attached hydrogens (tertiary/aromatic N) is 2. The first-order chi connectivity index (χ1) is 12.1. The van der Waals surface area contributed by atoms with E-state index in [2.05, 4.69) is 18.3 Å². The fourth-order valence-corrected chi connectivity index (χ4v) is 3.29. The number of hydrogen-bond donors (Lipinski definition) is 1. The number of unbranched alkanes of at least 4 members (excludes halogenated alkanes) is 1. The van der Waals surface area contributed by atoms with E-state index < -0.39 is 0 Å². The van der Waals surface area contributed by atoms with Crippen molar-refractivity contribution in [1.82, 2.24) is 4.90 Å². The SMILES string of the molecule is CCCC[C@@H]1C=CCN1C(=O)Nc1ccc2c(c1)N(CC)C(=O)CO2. The number of anilines is 2. The van der Waals surface area contributed by atoms with Crippen LogP contribution in [0.15, 0.2) is 30.4 Å². The molecular formula is C19H25N3O3. The molecule has 1 N–H and O–H groups in total. The summed E-state index contributed by atoms with van der Waals surface area (Å²) in [6, 6.07) is 5.46. The first-order valence-corrected chi connectivity index (χ1v) is 8.95. The van der Waals surface area contributed by atoms with Crippen molar-refractivity contribution in [2.24, 2.45) is 0 Å². The lowest BCUT2D eigenvalue weighted by Gasteiger charge is -2.29. The number of nitrogens with one attached hydrogen (secondary N) is 1. The second-order valence-electron chi connectivity index (χ2n) is 6.33. The van der Waals surface area contributed by atoms with E-state index in [9.17, 15) is 9.59 Å². The predicted octanol–water partition coefficient (Wildman–Crippen LogP) is 3.39. The van der Waals surface area contributed by atoms with E-state index in [0.717, 1.165) is 19.3 Å². The molecule has 2 heterocycles. The fraction of sp³-hybridized carbons (Fsp3) is 0.474. The van der Waals surface area contributed by atoms with Crippen LogP contribution in [0, 0.1) is 0 Å². The summed E-state index contributed by atoms with van der Waals surface area (Å²) in [5.41, 5.74) is 1.38. The number of benzene rings is 1. The van der Waals surface area contributed by atoms with Gasteiger partial charge in [-0.3, -0.25) is 4.79 Å². The lowest BCUT2D eigenvalue weighted by molar-refractivity contribution is -0.121. The highest BCUT2D eigenvalue weighted by Crippen LogP contribution is 2.34. The zero-order chi connectivity index (χ0) is 17.8. The maximum atomic E-state index is 12.6. The second-order valence-corrected chi connectivity index (χ2v) is 6.33. The number of rotatable bonds is 5. The maximum Gasteiger partial charge on any atom is 0.322 e. The van der Waals surface area contributed by atoms with Crippen LogP contribution in [0.4, 0.5) is 16.2 Å². The summed E-state index contributed by atoms with van der Waals surface area (Å²) in [6.07, 6.45) is 7.34. The van der Waals surface area contributed by atoms with E-state index in [-0.39, 0.29) is 24.6 Å². The van der Waals surface area contributed by atoms with Gasteiger partial charge in [-0.05, 0) is 31.5 Å². The molecule has 1 aromatic rings. The Bertz CT molecular complexity index is 686. The smallest absolute Gasteiger partial charge is 0.322 e. The summed E-state index contributed by atoms with van der Waals surface area (Å²) in [6.45, 7) is 5.34. The molecule has 1 aromatic carbocycles. The van der Waals surface area contributed by atoms with Crippen molar-refractivity contribution >= 4 is 23.3 Å². The predicted molar refractivity (Wildman–Crippen MR) is 98.1 cm³/mol. The summed E-state index contributed by atoms with van der Waals surface area (Å²) in [7, 11) is 0. The van der Waals surface area contributed by atoms with Gasteiger partial charge in [0, 0.05) is 18.8 Å². The number of carbonyl (C=O) groups excluding carboxylic acids is 2. The molecule has 0 saturated carbocycles. The maximum absolute atomic E-state index is 12.6. The third-order valence-electron chi connectivity index (χ3n) is 4.64. The summed E-state index contributed by atoms with van der Waals surface area (Å²) in [4.78, 5) is 28.1. The molecule has 0 saturated heterocycles. The van der Waals surface area contributed by atoms with Crippen molar-refractivity contribution in [3.63, 3.8) is 0 Å². The van der Waals surface area contributed by atoms with Crippen molar-refractivity contribution in [3.05, 3.63) is 30.4 Å². The van der Waals surface area contributed by atoms with Gasteiger partial charge in [-0.2, -0.15) is 0 Å². The van der Waals surface area contributed by atoms with E-state index in [0.29, 0.717) is 30.2 Å². The topological polar surface area (TPSA) is 61.9 Å². The first kappa shape index (κ1) is 17.3. The van der Waals surface area contributed by atoms with Gasteiger partial charge in [0.15, 0.2) is 6.61 Å². The van der Waals surface area contributed by atoms with Crippen LogP contribution in [0.1, 0.15) is 33.1 Å². The molecule has 134 valence electrons. The Morgan fingerprint density at radius 3 is 2.96 bits per heavy atom. The number of hydrogen-bond acceptors (Lipinski definition) is 3. The minimum atomic E-state index is -0.114. The summed E-state index contributed by atoms with van der Waals surface area (Å²) in [5.74, 6) is 0.602. The molecule has 0 fully saturated rings. The van der Waals surface area contributed by atoms with Crippen LogP contribution in [0.2, 0.25) is 0 Å². The highest BCUT2D eigenvalue weighted by atomic mass is 16.5. The van der Waals surface area contributed by atoms with E-state index in [4.69, 9.17) is 4.74 Å². The summed E-state index contributed by atoms with van der Waals surface area (Å²) >= 11 is 0. The molecule has 0 spiro atoms. The molecule has 3 rings (SSSR count). The van der Waals surface area contributed by atoms with Gasteiger partial charge in [0.05, 0.1) is 11.7 Å².